The summed E-state index contributed by atoms with van der Waals surface area (Å²) in [5.74, 6) is 0.0202. The van der Waals surface area contributed by atoms with Gasteiger partial charge in [-0.25, -0.2) is 0 Å². The molecule has 1 saturated heterocycles. The van der Waals surface area contributed by atoms with Gasteiger partial charge in [-0.1, -0.05) is 6.07 Å². The number of phenols is 1. The number of aromatic nitrogens is 2. The number of nitrogens with one attached hydrogen (secondary N) is 2. The van der Waals surface area contributed by atoms with E-state index in [2.05, 4.69) is 45.0 Å². The lowest BCUT2D eigenvalue weighted by Crippen LogP contribution is -2.29. The number of hydrogen-bond acceptors (Lipinski definition) is 5. The Kier molecular flexibility index (Phi) is 7.36. The molecule has 39 heavy (non-hydrogen) atoms. The Balaban J connectivity index is 1.60. The number of carbonyl (C=O) groups is 1. The highest BCUT2D eigenvalue weighted by molar-refractivity contribution is 7.80. The predicted molar refractivity (Wildman–Crippen MR) is 157 cm³/mol. The van der Waals surface area contributed by atoms with Crippen molar-refractivity contribution in [1.82, 2.24) is 14.9 Å². The van der Waals surface area contributed by atoms with Crippen LogP contribution in [0.2, 0.25) is 0 Å². The molecular formula is C30H31N5O3S. The fourth-order valence-corrected chi connectivity index (χ4v) is 5.64. The molecule has 1 amide bonds. The lowest BCUT2D eigenvalue weighted by atomic mass is 9.96. The summed E-state index contributed by atoms with van der Waals surface area (Å²) in [5, 5.41) is 16.8. The van der Waals surface area contributed by atoms with Gasteiger partial charge < -0.3 is 29.9 Å². The number of carbonyl (C=O) groups excluding carboxylic acids is 1. The molecule has 0 aliphatic carbocycles. The number of methoxy groups -OCH3 is 1. The second-order valence-corrected chi connectivity index (χ2v) is 10.0. The number of benzene rings is 2. The average Bonchev–Trinajstić information content (AvgIpc) is 3.41. The Labute approximate surface area is 233 Å². The summed E-state index contributed by atoms with van der Waals surface area (Å²) < 4.78 is 7.13. The van der Waals surface area contributed by atoms with Crippen molar-refractivity contribution in [3.05, 3.63) is 101 Å². The number of aryl methyl sites for hydroxylation is 2. The van der Waals surface area contributed by atoms with Gasteiger partial charge in [0.15, 0.2) is 5.11 Å². The first-order valence-electron chi connectivity index (χ1n) is 12.7. The van der Waals surface area contributed by atoms with Crippen LogP contribution in [0.5, 0.6) is 5.75 Å². The van der Waals surface area contributed by atoms with Crippen molar-refractivity contribution in [2.75, 3.05) is 23.9 Å². The topological polar surface area (TPSA) is 91.7 Å². The zero-order valence-electron chi connectivity index (χ0n) is 22.3. The minimum atomic E-state index is -0.207. The van der Waals surface area contributed by atoms with E-state index in [9.17, 15) is 9.90 Å². The molecule has 9 heteroatoms. The summed E-state index contributed by atoms with van der Waals surface area (Å²) in [4.78, 5) is 18.9. The van der Waals surface area contributed by atoms with Gasteiger partial charge in [0.05, 0.1) is 17.8 Å². The maximum absolute atomic E-state index is 12.1. The summed E-state index contributed by atoms with van der Waals surface area (Å²) in [6.45, 7) is 6.13. The summed E-state index contributed by atoms with van der Waals surface area (Å²) in [7, 11) is 1.49. The average molecular weight is 542 g/mol. The fraction of sp³-hybridized carbons (Fsp3) is 0.233. The van der Waals surface area contributed by atoms with Gasteiger partial charge in [0.2, 0.25) is 5.91 Å². The Morgan fingerprint density at radius 3 is 2.49 bits per heavy atom. The SMILES string of the molecule is COCC(=O)Nc1ccc(N2C(=S)N[C@@H](c3ccccn3)[C@H]2c2cc(C)n(-c3ccc(O)cc3)c2C)cc1C. The number of thiocarbonyl (C=S) groups is 1. The predicted octanol–water partition coefficient (Wildman–Crippen LogP) is 5.27. The zero-order chi connectivity index (χ0) is 27.7. The summed E-state index contributed by atoms with van der Waals surface area (Å²) in [5.41, 5.74) is 7.65. The van der Waals surface area contributed by atoms with Gasteiger partial charge in [0.25, 0.3) is 0 Å². The number of ether oxygens (including phenoxy) is 1. The fourth-order valence-electron chi connectivity index (χ4n) is 5.29. The van der Waals surface area contributed by atoms with E-state index in [0.717, 1.165) is 45.3 Å². The number of amides is 1. The van der Waals surface area contributed by atoms with Crippen LogP contribution in [0.4, 0.5) is 11.4 Å². The van der Waals surface area contributed by atoms with Gasteiger partial charge >= 0.3 is 0 Å². The van der Waals surface area contributed by atoms with Crippen LogP contribution in [0.1, 0.15) is 40.3 Å². The highest BCUT2D eigenvalue weighted by Crippen LogP contribution is 2.44. The minimum Gasteiger partial charge on any atom is -0.508 e. The van der Waals surface area contributed by atoms with Crippen LogP contribution in [0.3, 0.4) is 0 Å². The largest absolute Gasteiger partial charge is 0.508 e. The second kappa shape index (κ2) is 10.9. The Bertz CT molecular complexity index is 1520. The van der Waals surface area contributed by atoms with Crippen molar-refractivity contribution < 1.29 is 14.6 Å². The van der Waals surface area contributed by atoms with Crippen LogP contribution >= 0.6 is 12.2 Å². The second-order valence-electron chi connectivity index (χ2n) is 9.66. The van der Waals surface area contributed by atoms with Gasteiger partial charge in [-0.3, -0.25) is 9.78 Å². The van der Waals surface area contributed by atoms with E-state index in [1.807, 2.05) is 55.5 Å². The van der Waals surface area contributed by atoms with Crippen LogP contribution in [-0.2, 0) is 9.53 Å². The molecule has 1 aliphatic heterocycles. The first kappa shape index (κ1) is 26.4. The number of anilines is 2. The van der Waals surface area contributed by atoms with Crippen LogP contribution in [0, 0.1) is 20.8 Å². The van der Waals surface area contributed by atoms with E-state index >= 15 is 0 Å². The lowest BCUT2D eigenvalue weighted by molar-refractivity contribution is -0.119. The van der Waals surface area contributed by atoms with Crippen LogP contribution in [0.15, 0.2) is 72.9 Å². The molecule has 2 atom stereocenters. The van der Waals surface area contributed by atoms with Gasteiger partial charge in [0.1, 0.15) is 12.4 Å². The number of rotatable bonds is 7. The van der Waals surface area contributed by atoms with Gasteiger partial charge in [-0.05, 0) is 105 Å². The highest BCUT2D eigenvalue weighted by atomic mass is 32.1. The standard InChI is InChI=1S/C30H31N5O3S/c1-18-15-22(10-13-25(18)32-27(37)17-38-4)35-29(28(33-30(35)39)26-7-5-6-14-31-26)24-16-19(2)34(20(24)3)21-8-11-23(36)12-9-21/h5-16,28-29,36H,17H2,1-4H3,(H,32,37)(H,33,39)/t28-,29+/m0/s1. The van der Waals surface area contributed by atoms with Crippen LogP contribution in [0.25, 0.3) is 5.69 Å². The van der Waals surface area contributed by atoms with E-state index < -0.39 is 0 Å². The van der Waals surface area contributed by atoms with Crippen molar-refractivity contribution in [1.29, 1.82) is 0 Å². The number of phenolic OH excluding ortho intramolecular Hbond substituents is 1. The monoisotopic (exact) mass is 541 g/mol. The zero-order valence-corrected chi connectivity index (χ0v) is 23.1. The summed E-state index contributed by atoms with van der Waals surface area (Å²) in [6.07, 6.45) is 1.79. The first-order chi connectivity index (χ1) is 18.8. The molecule has 0 bridgehead atoms. The number of nitrogens with zero attached hydrogens (tertiary/aromatic N) is 3. The quantitative estimate of drug-likeness (QED) is 0.275. The van der Waals surface area contributed by atoms with Crippen LogP contribution < -0.4 is 15.5 Å². The molecule has 0 saturated carbocycles. The van der Waals surface area contributed by atoms with E-state index in [1.54, 1.807) is 18.3 Å². The molecule has 3 heterocycles. The molecule has 1 aliphatic rings. The van der Waals surface area contributed by atoms with E-state index in [4.69, 9.17) is 17.0 Å². The molecule has 0 spiro atoms. The van der Waals surface area contributed by atoms with Crippen molar-refractivity contribution in [2.24, 2.45) is 0 Å². The third-order valence-electron chi connectivity index (χ3n) is 7.03. The molecule has 3 N–H and O–H groups in total. The maximum Gasteiger partial charge on any atom is 0.250 e. The van der Waals surface area contributed by atoms with Crippen molar-refractivity contribution in [3.8, 4) is 11.4 Å². The lowest BCUT2D eigenvalue weighted by Gasteiger charge is -2.29. The molecular weight excluding hydrogens is 510 g/mol. The van der Waals surface area contributed by atoms with Crippen molar-refractivity contribution >= 4 is 34.6 Å². The van der Waals surface area contributed by atoms with Crippen molar-refractivity contribution in [2.45, 2.75) is 32.9 Å². The molecule has 0 radical (unpaired) electrons. The highest BCUT2D eigenvalue weighted by Gasteiger charge is 2.42. The minimum absolute atomic E-state index is 0.00813. The smallest absolute Gasteiger partial charge is 0.250 e. The van der Waals surface area contributed by atoms with E-state index in [0.29, 0.717) is 5.11 Å². The molecule has 1 fully saturated rings. The number of aromatic hydroxyl groups is 1. The third kappa shape index (κ3) is 5.10. The molecule has 2 aromatic heterocycles. The van der Waals surface area contributed by atoms with Crippen LogP contribution in [-0.4, -0.2) is 39.4 Å². The first-order valence-corrected chi connectivity index (χ1v) is 13.1. The molecule has 2 aromatic carbocycles. The number of hydrogen-bond donors (Lipinski definition) is 3. The molecule has 0 unspecified atom stereocenters. The normalized spacial score (nSPS) is 16.8. The third-order valence-corrected chi connectivity index (χ3v) is 7.35. The van der Waals surface area contributed by atoms with Gasteiger partial charge in [-0.2, -0.15) is 0 Å². The summed E-state index contributed by atoms with van der Waals surface area (Å²) >= 11 is 5.91. The molecule has 200 valence electrons. The van der Waals surface area contributed by atoms with E-state index in [-0.39, 0.29) is 30.3 Å². The van der Waals surface area contributed by atoms with Gasteiger partial charge in [-0.15, -0.1) is 0 Å². The Hall–Kier alpha value is -4.21. The molecule has 5 rings (SSSR count). The van der Waals surface area contributed by atoms with E-state index in [1.165, 1.54) is 7.11 Å². The molecule has 4 aromatic rings. The molecule has 8 nitrogen and oxygen atoms in total. The van der Waals surface area contributed by atoms with Gasteiger partial charge in [0, 0.05) is 41.8 Å². The maximum atomic E-state index is 12.1. The van der Waals surface area contributed by atoms with Crippen molar-refractivity contribution in [3.63, 3.8) is 0 Å². The Morgan fingerprint density at radius 1 is 1.08 bits per heavy atom. The Morgan fingerprint density at radius 2 is 1.82 bits per heavy atom. The number of pyridine rings is 1. The summed E-state index contributed by atoms with van der Waals surface area (Å²) in [6, 6.07) is 20.8.